The van der Waals surface area contributed by atoms with Gasteiger partial charge in [0.2, 0.25) is 11.8 Å². The van der Waals surface area contributed by atoms with E-state index in [1.807, 2.05) is 6.07 Å². The molecule has 2 atom stereocenters. The highest BCUT2D eigenvalue weighted by Crippen LogP contribution is 2.38. The number of carbonyl (C=O) groups is 3. The molecule has 1 aliphatic heterocycles. The molecule has 5 nitrogen and oxygen atoms in total. The summed E-state index contributed by atoms with van der Waals surface area (Å²) in [5.74, 6) is -0.719. The van der Waals surface area contributed by atoms with Crippen LogP contribution in [0.3, 0.4) is 0 Å². The summed E-state index contributed by atoms with van der Waals surface area (Å²) in [4.78, 5) is 35.6. The van der Waals surface area contributed by atoms with Crippen molar-refractivity contribution in [2.24, 2.45) is 11.8 Å². The van der Waals surface area contributed by atoms with Gasteiger partial charge in [-0.2, -0.15) is 0 Å². The molecule has 1 heterocycles. The summed E-state index contributed by atoms with van der Waals surface area (Å²) in [5.41, 5.74) is 1.51. The van der Waals surface area contributed by atoms with Gasteiger partial charge < -0.3 is 4.74 Å². The fourth-order valence-electron chi connectivity index (χ4n) is 3.13. The predicted molar refractivity (Wildman–Crippen MR) is 70.4 cm³/mol. The van der Waals surface area contributed by atoms with E-state index in [1.165, 1.54) is 0 Å². The fraction of sp³-hybridized carbons (Fsp3) is 0.400. The molecule has 1 N–H and O–H groups in total. The van der Waals surface area contributed by atoms with Gasteiger partial charge in [-0.15, -0.1) is 0 Å². The Morgan fingerprint density at radius 2 is 2.00 bits per heavy atom. The molecule has 1 aromatic carbocycles. The van der Waals surface area contributed by atoms with Crippen molar-refractivity contribution in [1.29, 1.82) is 0 Å². The number of imide groups is 1. The van der Waals surface area contributed by atoms with Crippen LogP contribution in [-0.2, 0) is 16.0 Å². The van der Waals surface area contributed by atoms with E-state index in [1.54, 1.807) is 19.2 Å². The molecule has 104 valence electrons. The number of hydrogen-bond donors (Lipinski definition) is 1. The second-order valence-electron chi connectivity index (χ2n) is 5.22. The smallest absolute Gasteiger partial charge is 0.230 e. The zero-order chi connectivity index (χ0) is 14.3. The molecule has 5 heteroatoms. The molecule has 3 rings (SSSR count). The number of fused-ring (bicyclic) bond motifs is 1. The van der Waals surface area contributed by atoms with Gasteiger partial charge in [0.25, 0.3) is 0 Å². The highest BCUT2D eigenvalue weighted by Gasteiger charge is 2.42. The maximum Gasteiger partial charge on any atom is 0.230 e. The second-order valence-corrected chi connectivity index (χ2v) is 5.22. The van der Waals surface area contributed by atoms with Crippen LogP contribution < -0.4 is 10.1 Å². The van der Waals surface area contributed by atoms with Gasteiger partial charge in [-0.1, -0.05) is 12.1 Å². The van der Waals surface area contributed by atoms with Gasteiger partial charge in [0.15, 0.2) is 5.78 Å². The number of piperidine rings is 1. The number of nitrogens with one attached hydrogen (secondary N) is 1. The topological polar surface area (TPSA) is 72.5 Å². The minimum atomic E-state index is -0.419. The normalized spacial score (nSPS) is 25.4. The molecule has 0 saturated carbocycles. The SMILES string of the molecule is COc1cccc2c1CC(C1CCC(=O)NC1=O)C2=O. The van der Waals surface area contributed by atoms with Crippen molar-refractivity contribution < 1.29 is 19.1 Å². The predicted octanol–water partition coefficient (Wildman–Crippen LogP) is 1.10. The van der Waals surface area contributed by atoms with E-state index < -0.39 is 5.92 Å². The first kappa shape index (κ1) is 12.8. The Morgan fingerprint density at radius 3 is 2.70 bits per heavy atom. The van der Waals surface area contributed by atoms with Crippen LogP contribution in [0.5, 0.6) is 5.75 Å². The van der Waals surface area contributed by atoms with Crippen molar-refractivity contribution in [3.05, 3.63) is 29.3 Å². The van der Waals surface area contributed by atoms with Gasteiger partial charge in [0, 0.05) is 29.4 Å². The van der Waals surface area contributed by atoms with Crippen molar-refractivity contribution in [3.8, 4) is 5.75 Å². The largest absolute Gasteiger partial charge is 0.496 e. The van der Waals surface area contributed by atoms with Gasteiger partial charge in [-0.25, -0.2) is 0 Å². The number of benzene rings is 1. The molecular weight excluding hydrogens is 258 g/mol. The van der Waals surface area contributed by atoms with E-state index in [4.69, 9.17) is 4.74 Å². The van der Waals surface area contributed by atoms with Crippen molar-refractivity contribution in [2.45, 2.75) is 19.3 Å². The average molecular weight is 273 g/mol. The van der Waals surface area contributed by atoms with Crippen LogP contribution in [0.25, 0.3) is 0 Å². The summed E-state index contributed by atoms with van der Waals surface area (Å²) in [7, 11) is 1.57. The quantitative estimate of drug-likeness (QED) is 0.819. The highest BCUT2D eigenvalue weighted by molar-refractivity contribution is 6.07. The van der Waals surface area contributed by atoms with Crippen LogP contribution in [0.2, 0.25) is 0 Å². The molecule has 1 aliphatic carbocycles. The summed E-state index contributed by atoms with van der Waals surface area (Å²) >= 11 is 0. The zero-order valence-corrected chi connectivity index (χ0v) is 11.1. The van der Waals surface area contributed by atoms with Crippen molar-refractivity contribution in [1.82, 2.24) is 5.32 Å². The molecule has 0 spiro atoms. The maximum absolute atomic E-state index is 12.5. The lowest BCUT2D eigenvalue weighted by molar-refractivity contribution is -0.137. The lowest BCUT2D eigenvalue weighted by Gasteiger charge is -2.24. The summed E-state index contributed by atoms with van der Waals surface area (Å²) in [6.07, 6.45) is 1.25. The van der Waals surface area contributed by atoms with Gasteiger partial charge in [-0.05, 0) is 18.9 Å². The second kappa shape index (κ2) is 4.74. The minimum absolute atomic E-state index is 0.0200. The first-order valence-electron chi connectivity index (χ1n) is 6.65. The number of rotatable bonds is 2. The number of ether oxygens (including phenoxy) is 1. The number of Topliss-reactive ketones (excluding diaryl/α,β-unsaturated/α-hetero) is 1. The van der Waals surface area contributed by atoms with Crippen LogP contribution in [0.4, 0.5) is 0 Å². The Bertz CT molecular complexity index is 608. The van der Waals surface area contributed by atoms with Gasteiger partial charge in [-0.3, -0.25) is 19.7 Å². The first-order chi connectivity index (χ1) is 9.61. The summed E-state index contributed by atoms with van der Waals surface area (Å²) in [6, 6.07) is 5.37. The Hall–Kier alpha value is -2.17. The van der Waals surface area contributed by atoms with E-state index in [2.05, 4.69) is 5.32 Å². The number of amides is 2. The molecule has 2 unspecified atom stereocenters. The van der Waals surface area contributed by atoms with E-state index in [-0.39, 0.29) is 23.5 Å². The lowest BCUT2D eigenvalue weighted by Crippen LogP contribution is -2.44. The molecule has 0 bridgehead atoms. The standard InChI is InChI=1S/C15H15NO4/c1-20-12-4-2-3-8-10(12)7-11(14(8)18)9-5-6-13(17)16-15(9)19/h2-4,9,11H,5-7H2,1H3,(H,16,17,19). The summed E-state index contributed by atoms with van der Waals surface area (Å²) in [6.45, 7) is 0. The number of carbonyl (C=O) groups excluding carboxylic acids is 3. The van der Waals surface area contributed by atoms with Gasteiger partial charge in [0.1, 0.15) is 5.75 Å². The first-order valence-corrected chi connectivity index (χ1v) is 6.65. The molecular formula is C15H15NO4. The highest BCUT2D eigenvalue weighted by atomic mass is 16.5. The molecule has 0 aromatic heterocycles. The Kier molecular flexibility index (Phi) is 3.04. The van der Waals surface area contributed by atoms with E-state index in [0.717, 1.165) is 5.56 Å². The molecule has 2 amide bonds. The van der Waals surface area contributed by atoms with Crippen molar-refractivity contribution in [2.75, 3.05) is 7.11 Å². The van der Waals surface area contributed by atoms with Crippen LogP contribution in [0.1, 0.15) is 28.8 Å². The Morgan fingerprint density at radius 1 is 1.20 bits per heavy atom. The minimum Gasteiger partial charge on any atom is -0.496 e. The molecule has 0 radical (unpaired) electrons. The van der Waals surface area contributed by atoms with Gasteiger partial charge in [0.05, 0.1) is 7.11 Å². The van der Waals surface area contributed by atoms with Gasteiger partial charge >= 0.3 is 0 Å². The maximum atomic E-state index is 12.5. The number of ketones is 1. The average Bonchev–Trinajstić information content (AvgIpc) is 2.76. The number of hydrogen-bond acceptors (Lipinski definition) is 4. The summed E-state index contributed by atoms with van der Waals surface area (Å²) in [5, 5.41) is 2.32. The van der Waals surface area contributed by atoms with Crippen LogP contribution in [0, 0.1) is 11.8 Å². The molecule has 1 aromatic rings. The van der Waals surface area contributed by atoms with Crippen LogP contribution in [0.15, 0.2) is 18.2 Å². The van der Waals surface area contributed by atoms with E-state index >= 15 is 0 Å². The van der Waals surface area contributed by atoms with Crippen molar-refractivity contribution >= 4 is 17.6 Å². The monoisotopic (exact) mass is 273 g/mol. The number of methoxy groups -OCH3 is 1. The van der Waals surface area contributed by atoms with E-state index in [9.17, 15) is 14.4 Å². The molecule has 1 saturated heterocycles. The summed E-state index contributed by atoms with van der Waals surface area (Å²) < 4.78 is 5.28. The Labute approximate surface area is 116 Å². The fourth-order valence-corrected chi connectivity index (χ4v) is 3.13. The molecule has 1 fully saturated rings. The zero-order valence-electron chi connectivity index (χ0n) is 11.1. The van der Waals surface area contributed by atoms with E-state index in [0.29, 0.717) is 30.6 Å². The van der Waals surface area contributed by atoms with Crippen molar-refractivity contribution in [3.63, 3.8) is 0 Å². The third-order valence-corrected chi connectivity index (χ3v) is 4.15. The molecule has 2 aliphatic rings. The molecule has 20 heavy (non-hydrogen) atoms. The lowest BCUT2D eigenvalue weighted by atomic mass is 9.83. The third-order valence-electron chi connectivity index (χ3n) is 4.15. The Balaban J connectivity index is 1.90. The van der Waals surface area contributed by atoms with Crippen LogP contribution in [-0.4, -0.2) is 24.7 Å². The van der Waals surface area contributed by atoms with Crippen LogP contribution >= 0.6 is 0 Å². The third kappa shape index (κ3) is 1.90.